The number of amides is 1. The first-order valence-electron chi connectivity index (χ1n) is 11.6. The van der Waals surface area contributed by atoms with Crippen LogP contribution in [0.1, 0.15) is 55.3 Å². The summed E-state index contributed by atoms with van der Waals surface area (Å²) < 4.78 is 7.60. The predicted molar refractivity (Wildman–Crippen MR) is 130 cm³/mol. The number of carbonyl (C=O) groups excluding carboxylic acids is 1. The number of rotatable bonds is 8. The summed E-state index contributed by atoms with van der Waals surface area (Å²) in [7, 11) is 0. The number of hydrogen-bond acceptors (Lipinski definition) is 5. The zero-order valence-corrected chi connectivity index (χ0v) is 19.4. The van der Waals surface area contributed by atoms with E-state index in [1.807, 2.05) is 12.1 Å². The van der Waals surface area contributed by atoms with Gasteiger partial charge >= 0.3 is 0 Å². The first-order chi connectivity index (χ1) is 16.3. The average Bonchev–Trinajstić information content (AvgIpc) is 3.52. The third-order valence-electron chi connectivity index (χ3n) is 6.28. The van der Waals surface area contributed by atoms with Crippen molar-refractivity contribution in [2.45, 2.75) is 56.3 Å². The topological polar surface area (TPSA) is 73.0 Å². The van der Waals surface area contributed by atoms with Crippen molar-refractivity contribution in [1.82, 2.24) is 20.1 Å². The van der Waals surface area contributed by atoms with Gasteiger partial charge in [0.15, 0.2) is 5.16 Å². The molecule has 2 aromatic carbocycles. The molecule has 0 unspecified atom stereocenters. The molecule has 1 N–H and O–H groups in total. The summed E-state index contributed by atoms with van der Waals surface area (Å²) in [5.74, 6) is 2.00. The summed E-state index contributed by atoms with van der Waals surface area (Å²) >= 11 is 1.47. The van der Waals surface area contributed by atoms with E-state index in [0.717, 1.165) is 36.0 Å². The number of carbonyl (C=O) groups is 1. The highest BCUT2D eigenvalue weighted by Gasteiger charge is 2.24. The zero-order chi connectivity index (χ0) is 22.5. The van der Waals surface area contributed by atoms with Gasteiger partial charge in [-0.25, -0.2) is 0 Å². The van der Waals surface area contributed by atoms with E-state index in [1.54, 1.807) is 6.26 Å². The third kappa shape index (κ3) is 5.14. The fourth-order valence-corrected chi connectivity index (χ4v) is 5.48. The Balaban J connectivity index is 1.35. The number of nitrogens with one attached hydrogen (secondary N) is 1. The van der Waals surface area contributed by atoms with Gasteiger partial charge in [0, 0.05) is 12.5 Å². The maximum absolute atomic E-state index is 12.4. The smallest absolute Gasteiger partial charge is 0.230 e. The molecule has 0 spiro atoms. The Labute approximate surface area is 197 Å². The van der Waals surface area contributed by atoms with Crippen molar-refractivity contribution in [3.05, 3.63) is 78.0 Å². The molecule has 1 aliphatic carbocycles. The number of fused-ring (bicyclic) bond motifs is 1. The van der Waals surface area contributed by atoms with Gasteiger partial charge in [-0.3, -0.25) is 4.79 Å². The SMILES string of the molecule is O=C(CSc1nnc(Cc2cccc3ccccc23)n1C1CCCCC1)NCc1ccco1. The molecule has 6 nitrogen and oxygen atoms in total. The molecule has 1 saturated carbocycles. The summed E-state index contributed by atoms with van der Waals surface area (Å²) in [6, 6.07) is 19.0. The second-order valence-corrected chi connectivity index (χ2v) is 9.46. The molecule has 1 fully saturated rings. The minimum Gasteiger partial charge on any atom is -0.467 e. The lowest BCUT2D eigenvalue weighted by Crippen LogP contribution is -2.24. The van der Waals surface area contributed by atoms with Crippen LogP contribution in [0.3, 0.4) is 0 Å². The van der Waals surface area contributed by atoms with Crippen molar-refractivity contribution in [1.29, 1.82) is 0 Å². The minimum atomic E-state index is -0.0369. The van der Waals surface area contributed by atoms with Crippen molar-refractivity contribution in [3.8, 4) is 0 Å². The molecule has 0 saturated heterocycles. The Morgan fingerprint density at radius 2 is 1.88 bits per heavy atom. The van der Waals surface area contributed by atoms with Crippen LogP contribution in [0.25, 0.3) is 10.8 Å². The van der Waals surface area contributed by atoms with Gasteiger partial charge in [-0.1, -0.05) is 73.5 Å². The lowest BCUT2D eigenvalue weighted by Gasteiger charge is -2.25. The Kier molecular flexibility index (Phi) is 6.76. The summed E-state index contributed by atoms with van der Waals surface area (Å²) in [4.78, 5) is 12.4. The Morgan fingerprint density at radius 3 is 2.73 bits per heavy atom. The average molecular weight is 461 g/mol. The normalized spacial score (nSPS) is 14.5. The molecular weight excluding hydrogens is 432 g/mol. The lowest BCUT2D eigenvalue weighted by molar-refractivity contribution is -0.118. The highest BCUT2D eigenvalue weighted by atomic mass is 32.2. The molecule has 0 bridgehead atoms. The van der Waals surface area contributed by atoms with Crippen molar-refractivity contribution < 1.29 is 9.21 Å². The van der Waals surface area contributed by atoms with Crippen molar-refractivity contribution in [2.75, 3.05) is 5.75 Å². The molecular formula is C26H28N4O2S. The molecule has 1 aliphatic rings. The van der Waals surface area contributed by atoms with Crippen LogP contribution in [0.15, 0.2) is 70.4 Å². The lowest BCUT2D eigenvalue weighted by atomic mass is 9.95. The van der Waals surface area contributed by atoms with Gasteiger partial charge < -0.3 is 14.3 Å². The van der Waals surface area contributed by atoms with Crippen molar-refractivity contribution in [2.24, 2.45) is 0 Å². The standard InChI is InChI=1S/C26H28N4O2S/c31-25(27-17-22-13-7-15-32-22)18-33-26-29-28-24(30(26)21-11-2-1-3-12-21)16-20-10-6-9-19-8-4-5-14-23(19)20/h4-10,13-15,21H,1-3,11-12,16-18H2,(H,27,31). The van der Waals surface area contributed by atoms with Crippen LogP contribution < -0.4 is 5.32 Å². The van der Waals surface area contributed by atoms with Crippen molar-refractivity contribution in [3.63, 3.8) is 0 Å². The highest BCUT2D eigenvalue weighted by molar-refractivity contribution is 7.99. The highest BCUT2D eigenvalue weighted by Crippen LogP contribution is 2.33. The maximum atomic E-state index is 12.4. The van der Waals surface area contributed by atoms with E-state index in [4.69, 9.17) is 4.42 Å². The van der Waals surface area contributed by atoms with Crippen molar-refractivity contribution >= 4 is 28.4 Å². The summed E-state index contributed by atoms with van der Waals surface area (Å²) in [5, 5.41) is 15.4. The minimum absolute atomic E-state index is 0.0369. The van der Waals surface area contributed by atoms with Gasteiger partial charge in [-0.15, -0.1) is 10.2 Å². The maximum Gasteiger partial charge on any atom is 0.230 e. The molecule has 5 rings (SSSR count). The summed E-state index contributed by atoms with van der Waals surface area (Å²) in [5.41, 5.74) is 1.25. The fraction of sp³-hybridized carbons (Fsp3) is 0.346. The van der Waals surface area contributed by atoms with Crippen LogP contribution in [-0.2, 0) is 17.8 Å². The molecule has 33 heavy (non-hydrogen) atoms. The van der Waals surface area contributed by atoms with Gasteiger partial charge in [-0.05, 0) is 41.3 Å². The van der Waals surface area contributed by atoms with E-state index in [9.17, 15) is 4.79 Å². The molecule has 0 atom stereocenters. The van der Waals surface area contributed by atoms with Crippen LogP contribution in [0.2, 0.25) is 0 Å². The van der Waals surface area contributed by atoms with E-state index < -0.39 is 0 Å². The van der Waals surface area contributed by atoms with Gasteiger partial charge in [0.2, 0.25) is 5.91 Å². The van der Waals surface area contributed by atoms with E-state index in [-0.39, 0.29) is 5.91 Å². The molecule has 4 aromatic rings. The zero-order valence-electron chi connectivity index (χ0n) is 18.6. The second-order valence-electron chi connectivity index (χ2n) is 8.52. The monoisotopic (exact) mass is 460 g/mol. The fourth-order valence-electron chi connectivity index (χ4n) is 4.63. The molecule has 1 amide bonds. The van der Waals surface area contributed by atoms with Gasteiger partial charge in [0.05, 0.1) is 18.6 Å². The molecule has 170 valence electrons. The molecule has 7 heteroatoms. The van der Waals surface area contributed by atoms with Gasteiger partial charge in [-0.2, -0.15) is 0 Å². The van der Waals surface area contributed by atoms with E-state index in [1.165, 1.54) is 47.4 Å². The number of benzene rings is 2. The van der Waals surface area contributed by atoms with Crippen LogP contribution in [-0.4, -0.2) is 26.4 Å². The van der Waals surface area contributed by atoms with Gasteiger partial charge in [0.1, 0.15) is 11.6 Å². The number of nitrogens with zero attached hydrogens (tertiary/aromatic N) is 3. The number of hydrogen-bond donors (Lipinski definition) is 1. The molecule has 0 aliphatic heterocycles. The largest absolute Gasteiger partial charge is 0.467 e. The van der Waals surface area contributed by atoms with Crippen LogP contribution in [0.5, 0.6) is 0 Å². The Hall–Kier alpha value is -3.06. The summed E-state index contributed by atoms with van der Waals surface area (Å²) in [6.45, 7) is 0.397. The Bertz CT molecular complexity index is 1210. The van der Waals surface area contributed by atoms with Gasteiger partial charge in [0.25, 0.3) is 0 Å². The third-order valence-corrected chi connectivity index (χ3v) is 7.22. The molecule has 0 radical (unpaired) electrons. The first kappa shape index (κ1) is 21.8. The molecule has 2 heterocycles. The van der Waals surface area contributed by atoms with Crippen LogP contribution in [0, 0.1) is 0 Å². The van der Waals surface area contributed by atoms with E-state index in [2.05, 4.69) is 62.5 Å². The van der Waals surface area contributed by atoms with E-state index in [0.29, 0.717) is 18.3 Å². The number of aromatic nitrogens is 3. The summed E-state index contributed by atoms with van der Waals surface area (Å²) in [6.07, 6.45) is 8.36. The predicted octanol–water partition coefficient (Wildman–Crippen LogP) is 5.53. The van der Waals surface area contributed by atoms with Crippen LogP contribution >= 0.6 is 11.8 Å². The number of furan rings is 1. The Morgan fingerprint density at radius 1 is 1.03 bits per heavy atom. The van der Waals surface area contributed by atoms with E-state index >= 15 is 0 Å². The van der Waals surface area contributed by atoms with Crippen LogP contribution in [0.4, 0.5) is 0 Å². The quantitative estimate of drug-likeness (QED) is 0.350. The first-order valence-corrected chi connectivity index (χ1v) is 12.6. The second kappa shape index (κ2) is 10.3. The number of thioether (sulfide) groups is 1. The molecule has 2 aromatic heterocycles.